The Kier molecular flexibility index (Phi) is 5.94. The van der Waals surface area contributed by atoms with Gasteiger partial charge in [-0.1, -0.05) is 18.0 Å². The second kappa shape index (κ2) is 8.63. The molecule has 1 saturated heterocycles. The molecule has 1 aliphatic heterocycles. The molecule has 4 rings (SSSR count). The van der Waals surface area contributed by atoms with Crippen molar-refractivity contribution in [1.82, 2.24) is 20.4 Å². The van der Waals surface area contributed by atoms with Crippen LogP contribution in [0.15, 0.2) is 22.7 Å². The van der Waals surface area contributed by atoms with Crippen molar-refractivity contribution in [3.63, 3.8) is 0 Å². The van der Waals surface area contributed by atoms with E-state index in [2.05, 4.69) is 15.5 Å². The Morgan fingerprint density at radius 3 is 2.73 bits per heavy atom. The molecule has 1 N–H and O–H groups in total. The van der Waals surface area contributed by atoms with Crippen LogP contribution in [0.3, 0.4) is 0 Å². The number of carbonyl (C=O) groups is 1. The van der Waals surface area contributed by atoms with Crippen molar-refractivity contribution in [3.05, 3.63) is 35.5 Å². The summed E-state index contributed by atoms with van der Waals surface area (Å²) in [4.78, 5) is 19.6. The summed E-state index contributed by atoms with van der Waals surface area (Å²) in [5, 5.41) is 7.64. The van der Waals surface area contributed by atoms with Crippen LogP contribution in [0, 0.1) is 6.92 Å². The molecule has 1 saturated carbocycles. The van der Waals surface area contributed by atoms with Crippen LogP contribution >= 0.6 is 0 Å². The van der Waals surface area contributed by atoms with Crippen LogP contribution < -0.4 is 14.8 Å². The zero-order chi connectivity index (χ0) is 21.1. The van der Waals surface area contributed by atoms with Gasteiger partial charge in [0, 0.05) is 25.1 Å². The highest BCUT2D eigenvalue weighted by molar-refractivity contribution is 5.79. The highest BCUT2D eigenvalue weighted by Gasteiger charge is 2.41. The molecule has 2 aromatic rings. The number of amides is 1. The van der Waals surface area contributed by atoms with E-state index in [0.717, 1.165) is 62.1 Å². The highest BCUT2D eigenvalue weighted by atomic mass is 16.5. The van der Waals surface area contributed by atoms with Gasteiger partial charge in [0.15, 0.2) is 5.82 Å². The Bertz CT molecular complexity index is 891. The van der Waals surface area contributed by atoms with E-state index in [9.17, 15) is 4.79 Å². The topological polar surface area (TPSA) is 89.7 Å². The fourth-order valence-electron chi connectivity index (χ4n) is 4.78. The molecule has 8 heteroatoms. The molecule has 30 heavy (non-hydrogen) atoms. The molecule has 1 atom stereocenters. The van der Waals surface area contributed by atoms with Gasteiger partial charge in [-0.05, 0) is 37.8 Å². The number of aryl methyl sites for hydroxylation is 1. The third-order valence-corrected chi connectivity index (χ3v) is 6.36. The summed E-state index contributed by atoms with van der Waals surface area (Å²) in [6.07, 6.45) is 5.89. The first-order valence-corrected chi connectivity index (χ1v) is 10.6. The Balaban J connectivity index is 1.49. The van der Waals surface area contributed by atoms with E-state index in [-0.39, 0.29) is 24.0 Å². The molecule has 1 aromatic heterocycles. The van der Waals surface area contributed by atoms with Gasteiger partial charge in [-0.25, -0.2) is 0 Å². The van der Waals surface area contributed by atoms with Crippen LogP contribution in [-0.4, -0.2) is 48.3 Å². The van der Waals surface area contributed by atoms with Crippen LogP contribution in [0.25, 0.3) is 0 Å². The van der Waals surface area contributed by atoms with Crippen LogP contribution in [0.1, 0.15) is 61.8 Å². The average Bonchev–Trinajstić information content (AvgIpc) is 3.52. The fourth-order valence-corrected chi connectivity index (χ4v) is 4.78. The van der Waals surface area contributed by atoms with Crippen molar-refractivity contribution >= 4 is 5.91 Å². The van der Waals surface area contributed by atoms with Gasteiger partial charge in [0.1, 0.15) is 11.5 Å². The summed E-state index contributed by atoms with van der Waals surface area (Å²) >= 11 is 0. The average molecular weight is 415 g/mol. The first kappa shape index (κ1) is 20.7. The van der Waals surface area contributed by atoms with E-state index in [1.165, 1.54) is 0 Å². The van der Waals surface area contributed by atoms with E-state index in [1.54, 1.807) is 21.1 Å². The molecule has 0 bridgehead atoms. The van der Waals surface area contributed by atoms with Gasteiger partial charge in [0.2, 0.25) is 11.8 Å². The number of likely N-dealkylation sites (tertiary alicyclic amines) is 1. The number of hydrogen-bond acceptors (Lipinski definition) is 7. The standard InChI is InChI=1S/C22H30N4O4/c1-15-24-21(25-30-15)22(10-4-5-11-22)23-14-20(27)26-12-6-7-18(26)17-9-8-16(28-2)13-19(17)29-3/h8-9,13,18,23H,4-7,10-12,14H2,1-3H3. The Morgan fingerprint density at radius 1 is 1.27 bits per heavy atom. The number of aromatic nitrogens is 2. The zero-order valence-electron chi connectivity index (χ0n) is 17.9. The Hall–Kier alpha value is -2.61. The zero-order valence-corrected chi connectivity index (χ0v) is 17.9. The summed E-state index contributed by atoms with van der Waals surface area (Å²) in [7, 11) is 3.29. The van der Waals surface area contributed by atoms with Crippen molar-refractivity contribution in [2.24, 2.45) is 0 Å². The van der Waals surface area contributed by atoms with E-state index >= 15 is 0 Å². The number of hydrogen-bond donors (Lipinski definition) is 1. The van der Waals surface area contributed by atoms with Crippen molar-refractivity contribution in [1.29, 1.82) is 0 Å². The molecular formula is C22H30N4O4. The third-order valence-electron chi connectivity index (χ3n) is 6.36. The lowest BCUT2D eigenvalue weighted by Crippen LogP contribution is -2.47. The summed E-state index contributed by atoms with van der Waals surface area (Å²) < 4.78 is 16.1. The number of ether oxygens (including phenoxy) is 2. The molecule has 2 fully saturated rings. The maximum atomic E-state index is 13.2. The van der Waals surface area contributed by atoms with Gasteiger partial charge in [-0.2, -0.15) is 4.98 Å². The number of benzene rings is 1. The summed E-state index contributed by atoms with van der Waals surface area (Å²) in [5.41, 5.74) is 0.647. The molecule has 2 heterocycles. The minimum Gasteiger partial charge on any atom is -0.497 e. The summed E-state index contributed by atoms with van der Waals surface area (Å²) in [5.74, 6) is 2.80. The molecule has 2 aliphatic rings. The molecule has 0 spiro atoms. The maximum absolute atomic E-state index is 13.2. The van der Waals surface area contributed by atoms with Gasteiger partial charge in [0.05, 0.1) is 32.3 Å². The van der Waals surface area contributed by atoms with Crippen LogP contribution in [-0.2, 0) is 10.3 Å². The maximum Gasteiger partial charge on any atom is 0.237 e. The predicted octanol–water partition coefficient (Wildman–Crippen LogP) is 3.12. The second-order valence-corrected chi connectivity index (χ2v) is 8.13. The monoisotopic (exact) mass is 414 g/mol. The molecule has 1 unspecified atom stereocenters. The summed E-state index contributed by atoms with van der Waals surface area (Å²) in [6.45, 7) is 2.79. The van der Waals surface area contributed by atoms with Gasteiger partial charge < -0.3 is 18.9 Å². The van der Waals surface area contributed by atoms with Crippen molar-refractivity contribution in [2.45, 2.75) is 57.0 Å². The van der Waals surface area contributed by atoms with Gasteiger partial charge in [-0.15, -0.1) is 0 Å². The lowest BCUT2D eigenvalue weighted by molar-refractivity contribution is -0.131. The highest BCUT2D eigenvalue weighted by Crippen LogP contribution is 2.40. The van der Waals surface area contributed by atoms with E-state index in [0.29, 0.717) is 11.7 Å². The fraction of sp³-hybridized carbons (Fsp3) is 0.591. The number of methoxy groups -OCH3 is 2. The van der Waals surface area contributed by atoms with Crippen LogP contribution in [0.2, 0.25) is 0 Å². The van der Waals surface area contributed by atoms with E-state index in [4.69, 9.17) is 14.0 Å². The van der Waals surface area contributed by atoms with Gasteiger partial charge in [0.25, 0.3) is 0 Å². The lowest BCUT2D eigenvalue weighted by Gasteiger charge is -2.30. The van der Waals surface area contributed by atoms with Gasteiger partial charge >= 0.3 is 0 Å². The largest absolute Gasteiger partial charge is 0.497 e. The van der Waals surface area contributed by atoms with Crippen LogP contribution in [0.5, 0.6) is 11.5 Å². The molecule has 162 valence electrons. The predicted molar refractivity (Wildman–Crippen MR) is 110 cm³/mol. The van der Waals surface area contributed by atoms with E-state index < -0.39 is 0 Å². The first-order chi connectivity index (χ1) is 14.6. The third kappa shape index (κ3) is 3.88. The number of carbonyl (C=O) groups excluding carboxylic acids is 1. The summed E-state index contributed by atoms with van der Waals surface area (Å²) in [6, 6.07) is 5.80. The number of nitrogens with one attached hydrogen (secondary N) is 1. The minimum atomic E-state index is -0.375. The van der Waals surface area contributed by atoms with Crippen LogP contribution in [0.4, 0.5) is 0 Å². The van der Waals surface area contributed by atoms with Crippen molar-refractivity contribution in [2.75, 3.05) is 27.3 Å². The second-order valence-electron chi connectivity index (χ2n) is 8.13. The molecule has 1 aliphatic carbocycles. The lowest BCUT2D eigenvalue weighted by atomic mass is 9.96. The SMILES string of the molecule is COc1ccc(C2CCCN2C(=O)CNC2(c3noc(C)n3)CCCC2)c(OC)c1. The molecule has 8 nitrogen and oxygen atoms in total. The first-order valence-electron chi connectivity index (χ1n) is 10.6. The Labute approximate surface area is 176 Å². The van der Waals surface area contributed by atoms with Crippen molar-refractivity contribution in [3.8, 4) is 11.5 Å². The van der Waals surface area contributed by atoms with Crippen molar-refractivity contribution < 1.29 is 18.8 Å². The Morgan fingerprint density at radius 2 is 2.07 bits per heavy atom. The number of nitrogens with zero attached hydrogens (tertiary/aromatic N) is 3. The normalized spacial score (nSPS) is 20.5. The quantitative estimate of drug-likeness (QED) is 0.744. The molecule has 1 amide bonds. The van der Waals surface area contributed by atoms with E-state index in [1.807, 2.05) is 23.1 Å². The molecular weight excluding hydrogens is 384 g/mol. The molecule has 1 aromatic carbocycles. The minimum absolute atomic E-state index is 0.00658. The number of rotatable bonds is 7. The smallest absolute Gasteiger partial charge is 0.237 e. The molecule has 0 radical (unpaired) electrons. The van der Waals surface area contributed by atoms with Gasteiger partial charge in [-0.3, -0.25) is 10.1 Å².